The summed E-state index contributed by atoms with van der Waals surface area (Å²) in [6.45, 7) is 4.42. The highest BCUT2D eigenvalue weighted by Gasteiger charge is 2.21. The van der Waals surface area contributed by atoms with Gasteiger partial charge in [-0.3, -0.25) is 9.59 Å². The summed E-state index contributed by atoms with van der Waals surface area (Å²) >= 11 is 5.94. The predicted octanol–water partition coefficient (Wildman–Crippen LogP) is 1.87. The van der Waals surface area contributed by atoms with Crippen molar-refractivity contribution in [2.45, 2.75) is 38.6 Å². The number of nitrogens with zero attached hydrogens (tertiary/aromatic N) is 1. The molecule has 0 radical (unpaired) electrons. The van der Waals surface area contributed by atoms with Crippen LogP contribution in [0.2, 0.25) is 5.15 Å². The van der Waals surface area contributed by atoms with Crippen molar-refractivity contribution in [3.8, 4) is 0 Å². The Balaban J connectivity index is 2.00. The minimum Gasteiger partial charge on any atom is -0.352 e. The summed E-state index contributed by atoms with van der Waals surface area (Å²) in [6, 6.07) is 3.32. The van der Waals surface area contributed by atoms with E-state index >= 15 is 0 Å². The van der Waals surface area contributed by atoms with Crippen LogP contribution >= 0.6 is 11.6 Å². The molecule has 0 aliphatic carbocycles. The summed E-state index contributed by atoms with van der Waals surface area (Å²) in [4.78, 5) is 27.4. The molecule has 1 aromatic rings. The van der Waals surface area contributed by atoms with Crippen LogP contribution in [-0.4, -0.2) is 29.4 Å². The van der Waals surface area contributed by atoms with Gasteiger partial charge in [0.25, 0.3) is 5.91 Å². The monoisotopic (exact) mass is 295 g/mol. The van der Waals surface area contributed by atoms with Crippen molar-refractivity contribution in [2.75, 3.05) is 6.54 Å². The van der Waals surface area contributed by atoms with Crippen molar-refractivity contribution in [1.82, 2.24) is 15.6 Å². The van der Waals surface area contributed by atoms with E-state index in [-0.39, 0.29) is 23.8 Å². The van der Waals surface area contributed by atoms with Crippen molar-refractivity contribution in [1.29, 1.82) is 0 Å². The van der Waals surface area contributed by atoms with E-state index in [2.05, 4.69) is 15.6 Å². The molecule has 0 aromatic carbocycles. The Kier molecular flexibility index (Phi) is 4.60. The molecule has 1 aliphatic heterocycles. The van der Waals surface area contributed by atoms with Gasteiger partial charge in [-0.25, -0.2) is 4.98 Å². The standard InChI is InChI=1S/C14H18ClN3O2/c1-8(2)11-5-9(6-12(15)18-11)14(20)16-7-10-3-4-13(19)17-10/h5-6,8,10H,3-4,7H2,1-2H3,(H,16,20)(H,17,19). The number of carbonyl (C=O) groups is 2. The van der Waals surface area contributed by atoms with Crippen molar-refractivity contribution >= 4 is 23.4 Å². The van der Waals surface area contributed by atoms with Gasteiger partial charge in [-0.1, -0.05) is 25.4 Å². The average Bonchev–Trinajstić information content (AvgIpc) is 2.81. The molecule has 1 aromatic heterocycles. The molecule has 2 amide bonds. The van der Waals surface area contributed by atoms with Gasteiger partial charge in [0.2, 0.25) is 5.91 Å². The molecule has 2 N–H and O–H groups in total. The van der Waals surface area contributed by atoms with Crippen molar-refractivity contribution in [3.63, 3.8) is 0 Å². The molecule has 1 atom stereocenters. The Labute approximate surface area is 123 Å². The zero-order valence-electron chi connectivity index (χ0n) is 11.6. The van der Waals surface area contributed by atoms with Crippen LogP contribution in [0.15, 0.2) is 12.1 Å². The molecule has 1 saturated heterocycles. The first-order valence-electron chi connectivity index (χ1n) is 6.70. The highest BCUT2D eigenvalue weighted by Crippen LogP contribution is 2.17. The number of rotatable bonds is 4. The quantitative estimate of drug-likeness (QED) is 0.833. The Bertz CT molecular complexity index is 531. The highest BCUT2D eigenvalue weighted by molar-refractivity contribution is 6.29. The molecule has 0 bridgehead atoms. The second-order valence-electron chi connectivity index (χ2n) is 5.27. The average molecular weight is 296 g/mol. The van der Waals surface area contributed by atoms with E-state index in [1.165, 1.54) is 0 Å². The second kappa shape index (κ2) is 6.22. The molecule has 2 rings (SSSR count). The van der Waals surface area contributed by atoms with Gasteiger partial charge in [-0.15, -0.1) is 0 Å². The maximum atomic E-state index is 12.1. The fraction of sp³-hybridized carbons (Fsp3) is 0.500. The summed E-state index contributed by atoms with van der Waals surface area (Å²) in [7, 11) is 0. The molecular formula is C14H18ClN3O2. The summed E-state index contributed by atoms with van der Waals surface area (Å²) in [5, 5.41) is 5.94. The van der Waals surface area contributed by atoms with Gasteiger partial charge in [0.05, 0.1) is 0 Å². The van der Waals surface area contributed by atoms with E-state index in [0.29, 0.717) is 23.7 Å². The second-order valence-corrected chi connectivity index (χ2v) is 5.66. The Morgan fingerprint density at radius 1 is 1.55 bits per heavy atom. The third kappa shape index (κ3) is 3.70. The first-order chi connectivity index (χ1) is 9.45. The number of amides is 2. The van der Waals surface area contributed by atoms with Crippen LogP contribution < -0.4 is 10.6 Å². The zero-order chi connectivity index (χ0) is 14.7. The van der Waals surface area contributed by atoms with Crippen LogP contribution in [0, 0.1) is 0 Å². The molecule has 6 heteroatoms. The molecular weight excluding hydrogens is 278 g/mol. The molecule has 0 saturated carbocycles. The van der Waals surface area contributed by atoms with Crippen molar-refractivity contribution in [3.05, 3.63) is 28.5 Å². The third-order valence-corrected chi connectivity index (χ3v) is 3.46. The van der Waals surface area contributed by atoms with Gasteiger partial charge in [-0.2, -0.15) is 0 Å². The van der Waals surface area contributed by atoms with Crippen LogP contribution in [-0.2, 0) is 4.79 Å². The van der Waals surface area contributed by atoms with Gasteiger partial charge in [0.1, 0.15) is 5.15 Å². The van der Waals surface area contributed by atoms with Crippen LogP contribution in [0.1, 0.15) is 48.7 Å². The van der Waals surface area contributed by atoms with Crippen molar-refractivity contribution in [2.24, 2.45) is 0 Å². The zero-order valence-corrected chi connectivity index (χ0v) is 12.3. The third-order valence-electron chi connectivity index (χ3n) is 3.26. The van der Waals surface area contributed by atoms with E-state index in [4.69, 9.17) is 11.6 Å². The molecule has 108 valence electrons. The lowest BCUT2D eigenvalue weighted by Gasteiger charge is -2.12. The van der Waals surface area contributed by atoms with Crippen molar-refractivity contribution < 1.29 is 9.59 Å². The van der Waals surface area contributed by atoms with Crippen LogP contribution in [0.5, 0.6) is 0 Å². The van der Waals surface area contributed by atoms with Gasteiger partial charge in [0, 0.05) is 30.3 Å². The number of aromatic nitrogens is 1. The lowest BCUT2D eigenvalue weighted by atomic mass is 10.1. The van der Waals surface area contributed by atoms with Crippen LogP contribution in [0.25, 0.3) is 0 Å². The van der Waals surface area contributed by atoms with Gasteiger partial charge < -0.3 is 10.6 Å². The minimum absolute atomic E-state index is 0.0216. The molecule has 1 aliphatic rings. The number of carbonyl (C=O) groups excluding carboxylic acids is 2. The van der Waals surface area contributed by atoms with Gasteiger partial charge in [-0.05, 0) is 24.5 Å². The predicted molar refractivity (Wildman–Crippen MR) is 76.8 cm³/mol. The molecule has 2 heterocycles. The number of nitrogens with one attached hydrogen (secondary N) is 2. The number of hydrogen-bond donors (Lipinski definition) is 2. The molecule has 20 heavy (non-hydrogen) atoms. The largest absolute Gasteiger partial charge is 0.352 e. The lowest BCUT2D eigenvalue weighted by molar-refractivity contribution is -0.119. The van der Waals surface area contributed by atoms with E-state index in [0.717, 1.165) is 12.1 Å². The normalized spacial score (nSPS) is 18.2. The summed E-state index contributed by atoms with van der Waals surface area (Å²) < 4.78 is 0. The number of pyridine rings is 1. The molecule has 1 fully saturated rings. The topological polar surface area (TPSA) is 71.1 Å². The first kappa shape index (κ1) is 14.8. The Morgan fingerprint density at radius 2 is 2.30 bits per heavy atom. The summed E-state index contributed by atoms with van der Waals surface area (Å²) in [5.74, 6) is 0.0463. The minimum atomic E-state index is -0.197. The van der Waals surface area contributed by atoms with E-state index in [1.807, 2.05) is 13.8 Å². The molecule has 1 unspecified atom stereocenters. The highest BCUT2D eigenvalue weighted by atomic mass is 35.5. The number of halogens is 1. The fourth-order valence-electron chi connectivity index (χ4n) is 2.09. The van der Waals surface area contributed by atoms with Crippen LogP contribution in [0.3, 0.4) is 0 Å². The smallest absolute Gasteiger partial charge is 0.251 e. The SMILES string of the molecule is CC(C)c1cc(C(=O)NCC2CCC(=O)N2)cc(Cl)n1. The molecule has 0 spiro atoms. The van der Waals surface area contributed by atoms with Gasteiger partial charge in [0.15, 0.2) is 0 Å². The molecule has 5 nitrogen and oxygen atoms in total. The maximum absolute atomic E-state index is 12.1. The summed E-state index contributed by atoms with van der Waals surface area (Å²) in [5.41, 5.74) is 1.29. The lowest BCUT2D eigenvalue weighted by Crippen LogP contribution is -2.38. The Morgan fingerprint density at radius 3 is 2.90 bits per heavy atom. The van der Waals surface area contributed by atoms with E-state index < -0.39 is 0 Å². The van der Waals surface area contributed by atoms with E-state index in [1.54, 1.807) is 12.1 Å². The fourth-order valence-corrected chi connectivity index (χ4v) is 2.31. The number of hydrogen-bond acceptors (Lipinski definition) is 3. The van der Waals surface area contributed by atoms with E-state index in [9.17, 15) is 9.59 Å². The summed E-state index contributed by atoms with van der Waals surface area (Å²) in [6.07, 6.45) is 1.28. The first-order valence-corrected chi connectivity index (χ1v) is 7.08. The van der Waals surface area contributed by atoms with Gasteiger partial charge >= 0.3 is 0 Å². The maximum Gasteiger partial charge on any atom is 0.251 e. The Hall–Kier alpha value is -1.62. The van der Waals surface area contributed by atoms with Crippen LogP contribution in [0.4, 0.5) is 0 Å².